The maximum absolute atomic E-state index is 9.67. The van der Waals surface area contributed by atoms with E-state index in [1.54, 1.807) is 42.8 Å². The normalized spacial score (nSPS) is 11.6. The second-order valence-electron chi connectivity index (χ2n) is 5.84. The Morgan fingerprint density at radius 2 is 1.72 bits per heavy atom. The Morgan fingerprint density at radius 3 is 2.44 bits per heavy atom. The molecule has 11 heteroatoms. The van der Waals surface area contributed by atoms with E-state index in [4.69, 9.17) is 23.2 Å². The number of aliphatic hydroxyl groups is 1. The molecule has 0 radical (unpaired) electrons. The number of rotatable bonds is 2. The van der Waals surface area contributed by atoms with Crippen LogP contribution in [0, 0.1) is 0 Å². The molecule has 0 saturated carbocycles. The molecule has 0 saturated heterocycles. The maximum Gasteiger partial charge on any atom is 0.203 e. The lowest BCUT2D eigenvalue weighted by atomic mass is 10.1. The van der Waals surface area contributed by atoms with Crippen molar-refractivity contribution in [1.29, 1.82) is 0 Å². The van der Waals surface area contributed by atoms with Gasteiger partial charge in [-0.3, -0.25) is 0 Å². The maximum atomic E-state index is 9.67. The van der Waals surface area contributed by atoms with Crippen molar-refractivity contribution < 1.29 is 5.11 Å². The summed E-state index contributed by atoms with van der Waals surface area (Å²) in [4.78, 5) is 7.91. The second kappa shape index (κ2) is 6.87. The quantitative estimate of drug-likeness (QED) is 0.511. The zero-order chi connectivity index (χ0) is 18.0. The summed E-state index contributed by atoms with van der Waals surface area (Å²) in [5.74, 6) is 0. The third-order valence-electron chi connectivity index (χ3n) is 3.03. The SMILES string of the molecule is CC(C)(O)Cn1nnc2nc(Cl)ccc21.Clc1ccc2n[nH]nc2n1. The van der Waals surface area contributed by atoms with Crippen molar-refractivity contribution in [2.45, 2.75) is 26.0 Å². The third kappa shape index (κ3) is 4.38. The Morgan fingerprint density at radius 1 is 1.04 bits per heavy atom. The fraction of sp³-hybridized carbons (Fsp3) is 0.286. The predicted octanol–water partition coefficient (Wildman–Crippen LogP) is 2.26. The van der Waals surface area contributed by atoms with E-state index in [1.165, 1.54) is 0 Å². The molecule has 4 heterocycles. The van der Waals surface area contributed by atoms with Gasteiger partial charge in [0, 0.05) is 0 Å². The monoisotopic (exact) mass is 380 g/mol. The first-order chi connectivity index (χ1) is 11.8. The van der Waals surface area contributed by atoms with Crippen molar-refractivity contribution in [2.75, 3.05) is 0 Å². The predicted molar refractivity (Wildman–Crippen MR) is 93.3 cm³/mol. The van der Waals surface area contributed by atoms with Gasteiger partial charge in [-0.05, 0) is 38.1 Å². The highest BCUT2D eigenvalue weighted by atomic mass is 35.5. The van der Waals surface area contributed by atoms with E-state index in [2.05, 4.69) is 35.7 Å². The fourth-order valence-electron chi connectivity index (χ4n) is 2.03. The molecule has 4 aromatic rings. The van der Waals surface area contributed by atoms with Gasteiger partial charge in [-0.1, -0.05) is 28.4 Å². The Balaban J connectivity index is 0.000000157. The van der Waals surface area contributed by atoms with Crippen LogP contribution in [0.25, 0.3) is 22.3 Å². The molecule has 4 aromatic heterocycles. The average molecular weight is 381 g/mol. The third-order valence-corrected chi connectivity index (χ3v) is 3.45. The summed E-state index contributed by atoms with van der Waals surface area (Å²) >= 11 is 11.3. The molecule has 9 nitrogen and oxygen atoms in total. The lowest BCUT2D eigenvalue weighted by molar-refractivity contribution is 0.0585. The molecule has 0 spiro atoms. The molecule has 2 N–H and O–H groups in total. The number of hydrogen-bond acceptors (Lipinski definition) is 7. The van der Waals surface area contributed by atoms with Crippen LogP contribution in [0.3, 0.4) is 0 Å². The van der Waals surface area contributed by atoms with E-state index in [-0.39, 0.29) is 0 Å². The van der Waals surface area contributed by atoms with Gasteiger partial charge >= 0.3 is 0 Å². The van der Waals surface area contributed by atoms with Crippen molar-refractivity contribution >= 4 is 45.5 Å². The number of aromatic nitrogens is 8. The lowest BCUT2D eigenvalue weighted by Gasteiger charge is -2.16. The highest BCUT2D eigenvalue weighted by Crippen LogP contribution is 2.15. The van der Waals surface area contributed by atoms with E-state index >= 15 is 0 Å². The minimum Gasteiger partial charge on any atom is -0.389 e. The number of hydrogen-bond donors (Lipinski definition) is 2. The van der Waals surface area contributed by atoms with Crippen molar-refractivity contribution in [1.82, 2.24) is 40.4 Å². The molecule has 0 unspecified atom stereocenters. The van der Waals surface area contributed by atoms with Crippen LogP contribution in [0.15, 0.2) is 24.3 Å². The number of aromatic amines is 1. The first kappa shape index (κ1) is 17.5. The van der Waals surface area contributed by atoms with Crippen LogP contribution < -0.4 is 0 Å². The van der Waals surface area contributed by atoms with E-state index in [9.17, 15) is 5.11 Å². The molecular weight excluding hydrogens is 367 g/mol. The van der Waals surface area contributed by atoms with Gasteiger partial charge in [0.1, 0.15) is 21.3 Å². The van der Waals surface area contributed by atoms with Gasteiger partial charge in [-0.25, -0.2) is 14.6 Å². The molecule has 0 aliphatic heterocycles. The number of halogens is 2. The van der Waals surface area contributed by atoms with Gasteiger partial charge in [0.2, 0.25) is 11.3 Å². The van der Waals surface area contributed by atoms with Crippen LogP contribution in [0.1, 0.15) is 13.8 Å². The van der Waals surface area contributed by atoms with Gasteiger partial charge in [0.15, 0.2) is 0 Å². The minimum absolute atomic E-state index is 0.368. The van der Waals surface area contributed by atoms with E-state index in [0.717, 1.165) is 11.0 Å². The minimum atomic E-state index is -0.833. The molecule has 0 amide bonds. The van der Waals surface area contributed by atoms with Gasteiger partial charge in [0.25, 0.3) is 0 Å². The molecule has 25 heavy (non-hydrogen) atoms. The Bertz CT molecular complexity index is 1010. The van der Waals surface area contributed by atoms with Crippen LogP contribution in [-0.2, 0) is 6.54 Å². The molecule has 4 rings (SSSR count). The molecular formula is C14H14Cl2N8O. The number of H-pyrrole nitrogens is 1. The standard InChI is InChI=1S/C9H11ClN4O.C5H3ClN4/c1-9(2,15)5-14-6-3-4-7(10)11-8(6)12-13-14;6-4-2-1-3-5(7-4)9-10-8-3/h3-4,15H,5H2,1-2H3;1-2H,(H,7,8,9,10). The summed E-state index contributed by atoms with van der Waals surface area (Å²) in [5.41, 5.74) is 1.70. The van der Waals surface area contributed by atoms with E-state index < -0.39 is 5.60 Å². The zero-order valence-corrected chi connectivity index (χ0v) is 14.9. The van der Waals surface area contributed by atoms with Gasteiger partial charge in [-0.15, -0.1) is 10.2 Å². The summed E-state index contributed by atoms with van der Waals surface area (Å²) < 4.78 is 1.61. The first-order valence-corrected chi connectivity index (χ1v) is 7.98. The molecule has 0 atom stereocenters. The van der Waals surface area contributed by atoms with Crippen molar-refractivity contribution in [3.63, 3.8) is 0 Å². The van der Waals surface area contributed by atoms with Gasteiger partial charge in [0.05, 0.1) is 12.1 Å². The first-order valence-electron chi connectivity index (χ1n) is 7.23. The van der Waals surface area contributed by atoms with Crippen LogP contribution in [0.2, 0.25) is 10.3 Å². The second-order valence-corrected chi connectivity index (χ2v) is 6.61. The van der Waals surface area contributed by atoms with Crippen molar-refractivity contribution in [3.05, 3.63) is 34.6 Å². The van der Waals surface area contributed by atoms with Gasteiger partial charge < -0.3 is 5.11 Å². The molecule has 0 fully saturated rings. The highest BCUT2D eigenvalue weighted by Gasteiger charge is 2.16. The zero-order valence-electron chi connectivity index (χ0n) is 13.4. The van der Waals surface area contributed by atoms with Crippen LogP contribution in [0.4, 0.5) is 0 Å². The van der Waals surface area contributed by atoms with Crippen molar-refractivity contribution in [3.8, 4) is 0 Å². The lowest BCUT2D eigenvalue weighted by Crippen LogP contribution is -2.26. The number of pyridine rings is 2. The van der Waals surface area contributed by atoms with Crippen molar-refractivity contribution in [2.24, 2.45) is 0 Å². The van der Waals surface area contributed by atoms with E-state index in [0.29, 0.717) is 28.1 Å². The highest BCUT2D eigenvalue weighted by molar-refractivity contribution is 6.30. The van der Waals surface area contributed by atoms with Crippen LogP contribution >= 0.6 is 23.2 Å². The van der Waals surface area contributed by atoms with E-state index in [1.807, 2.05) is 0 Å². The topological polar surface area (TPSA) is 118 Å². The smallest absolute Gasteiger partial charge is 0.203 e. The number of nitrogens with one attached hydrogen (secondary N) is 1. The Labute approximate surface area is 152 Å². The molecule has 0 aromatic carbocycles. The summed E-state index contributed by atoms with van der Waals surface area (Å²) in [6.07, 6.45) is 0. The number of nitrogens with zero attached hydrogens (tertiary/aromatic N) is 7. The Kier molecular flexibility index (Phi) is 4.80. The van der Waals surface area contributed by atoms with Gasteiger partial charge in [-0.2, -0.15) is 10.3 Å². The summed E-state index contributed by atoms with van der Waals surface area (Å²) in [7, 11) is 0. The summed E-state index contributed by atoms with van der Waals surface area (Å²) in [5, 5.41) is 28.3. The summed E-state index contributed by atoms with van der Waals surface area (Å²) in [6, 6.07) is 6.89. The molecule has 0 aliphatic carbocycles. The van der Waals surface area contributed by atoms with Crippen LogP contribution in [-0.4, -0.2) is 51.1 Å². The largest absolute Gasteiger partial charge is 0.389 e. The summed E-state index contributed by atoms with van der Waals surface area (Å²) in [6.45, 7) is 3.79. The molecule has 0 aliphatic rings. The van der Waals surface area contributed by atoms with Crippen LogP contribution in [0.5, 0.6) is 0 Å². The molecule has 130 valence electrons. The number of fused-ring (bicyclic) bond motifs is 2. The average Bonchev–Trinajstić information content (AvgIpc) is 3.13. The Hall–Kier alpha value is -2.36. The molecule has 0 bridgehead atoms. The fourth-order valence-corrected chi connectivity index (χ4v) is 2.32.